The van der Waals surface area contributed by atoms with Crippen LogP contribution >= 0.6 is 11.6 Å². The zero-order chi connectivity index (χ0) is 21.5. The molecule has 5 nitrogen and oxygen atoms in total. The fraction of sp³-hybridized carbons (Fsp3) is 0.273. The molecule has 158 valence electrons. The van der Waals surface area contributed by atoms with Crippen LogP contribution in [0.4, 0.5) is 14.7 Å². The van der Waals surface area contributed by atoms with Crippen molar-refractivity contribution in [3.63, 3.8) is 0 Å². The van der Waals surface area contributed by atoms with E-state index >= 15 is 0 Å². The summed E-state index contributed by atoms with van der Waals surface area (Å²) in [4.78, 5) is 7.90. The first kappa shape index (κ1) is 22.1. The first-order valence-electron chi connectivity index (χ1n) is 9.49. The van der Waals surface area contributed by atoms with Crippen molar-refractivity contribution < 1.29 is 18.6 Å². The Balaban J connectivity index is 0.000000310. The standard InChI is InChI=1S/C17H12ClF2N3.C5H10O2/c18-14-9-22-17(21)23-16(14)11-3-6-15(20)12(8-11)7-10-1-4-13(19)5-2-10;6-5-2-1-3-7-4-5/h1-6,8-9H,7H2,(H2,21,22,23);5-6H,1-4H2. The maximum atomic E-state index is 14.1. The van der Waals surface area contributed by atoms with Gasteiger partial charge in [-0.25, -0.2) is 18.7 Å². The number of hydrogen-bond acceptors (Lipinski definition) is 5. The lowest BCUT2D eigenvalue weighted by atomic mass is 10.0. The molecule has 0 aliphatic carbocycles. The summed E-state index contributed by atoms with van der Waals surface area (Å²) in [6.07, 6.45) is 3.48. The minimum atomic E-state index is -0.351. The van der Waals surface area contributed by atoms with Crippen LogP contribution in [0.1, 0.15) is 24.0 Å². The van der Waals surface area contributed by atoms with Crippen molar-refractivity contribution in [1.82, 2.24) is 9.97 Å². The number of ether oxygens (including phenoxy) is 1. The van der Waals surface area contributed by atoms with E-state index in [0.29, 0.717) is 34.9 Å². The van der Waals surface area contributed by atoms with Crippen LogP contribution in [0.3, 0.4) is 0 Å². The highest BCUT2D eigenvalue weighted by Gasteiger charge is 2.11. The number of anilines is 1. The smallest absolute Gasteiger partial charge is 0.220 e. The Morgan fingerprint density at radius 3 is 2.57 bits per heavy atom. The molecule has 30 heavy (non-hydrogen) atoms. The lowest BCUT2D eigenvalue weighted by Gasteiger charge is -2.15. The van der Waals surface area contributed by atoms with Crippen molar-refractivity contribution in [1.29, 1.82) is 0 Å². The van der Waals surface area contributed by atoms with Crippen molar-refractivity contribution in [2.75, 3.05) is 18.9 Å². The first-order chi connectivity index (χ1) is 14.4. The van der Waals surface area contributed by atoms with Gasteiger partial charge in [-0.15, -0.1) is 0 Å². The van der Waals surface area contributed by atoms with Gasteiger partial charge in [0.1, 0.15) is 11.6 Å². The van der Waals surface area contributed by atoms with Crippen LogP contribution in [0.2, 0.25) is 5.02 Å². The van der Waals surface area contributed by atoms with Gasteiger partial charge in [-0.05, 0) is 54.3 Å². The molecule has 1 atom stereocenters. The number of aromatic nitrogens is 2. The number of aliphatic hydroxyl groups is 1. The molecule has 0 saturated carbocycles. The molecule has 0 radical (unpaired) electrons. The maximum absolute atomic E-state index is 14.1. The molecular weight excluding hydrogens is 412 g/mol. The molecule has 1 fully saturated rings. The van der Waals surface area contributed by atoms with Gasteiger partial charge in [-0.2, -0.15) is 0 Å². The molecule has 1 unspecified atom stereocenters. The SMILES string of the molecule is Nc1ncc(Cl)c(-c2ccc(F)c(Cc3ccc(F)cc3)c2)n1.OC1CCCOC1. The van der Waals surface area contributed by atoms with E-state index in [1.165, 1.54) is 24.4 Å². The quantitative estimate of drug-likeness (QED) is 0.639. The van der Waals surface area contributed by atoms with E-state index < -0.39 is 0 Å². The molecule has 1 aliphatic rings. The van der Waals surface area contributed by atoms with Crippen LogP contribution in [0.5, 0.6) is 0 Å². The predicted molar refractivity (Wildman–Crippen MR) is 112 cm³/mol. The van der Waals surface area contributed by atoms with Gasteiger partial charge in [0.05, 0.1) is 29.6 Å². The minimum Gasteiger partial charge on any atom is -0.391 e. The van der Waals surface area contributed by atoms with Crippen LogP contribution in [0, 0.1) is 11.6 Å². The third-order valence-electron chi connectivity index (χ3n) is 4.53. The fourth-order valence-electron chi connectivity index (χ4n) is 2.99. The number of nitrogens with two attached hydrogens (primary N) is 1. The molecule has 0 amide bonds. The Kier molecular flexibility index (Phi) is 7.68. The topological polar surface area (TPSA) is 81.3 Å². The highest BCUT2D eigenvalue weighted by molar-refractivity contribution is 6.32. The average molecular weight is 434 g/mol. The minimum absolute atomic E-state index is 0.0915. The van der Waals surface area contributed by atoms with Gasteiger partial charge in [0.15, 0.2) is 0 Å². The number of nitrogen functional groups attached to an aromatic ring is 1. The number of aliphatic hydroxyl groups excluding tert-OH is 1. The normalized spacial score (nSPS) is 15.9. The van der Waals surface area contributed by atoms with E-state index in [4.69, 9.17) is 27.2 Å². The van der Waals surface area contributed by atoms with E-state index in [1.54, 1.807) is 24.3 Å². The zero-order valence-corrected chi connectivity index (χ0v) is 16.9. The molecule has 3 aromatic rings. The highest BCUT2D eigenvalue weighted by Crippen LogP contribution is 2.28. The summed E-state index contributed by atoms with van der Waals surface area (Å²) in [7, 11) is 0. The number of rotatable bonds is 3. The van der Waals surface area contributed by atoms with Crippen LogP contribution in [0.15, 0.2) is 48.7 Å². The monoisotopic (exact) mass is 433 g/mol. The molecule has 8 heteroatoms. The number of nitrogens with zero attached hydrogens (tertiary/aromatic N) is 2. The fourth-order valence-corrected chi connectivity index (χ4v) is 3.19. The third-order valence-corrected chi connectivity index (χ3v) is 4.80. The van der Waals surface area contributed by atoms with Crippen LogP contribution in [0.25, 0.3) is 11.3 Å². The largest absolute Gasteiger partial charge is 0.391 e. The van der Waals surface area contributed by atoms with Gasteiger partial charge >= 0.3 is 0 Å². The Morgan fingerprint density at radius 2 is 1.93 bits per heavy atom. The van der Waals surface area contributed by atoms with E-state index in [0.717, 1.165) is 25.0 Å². The van der Waals surface area contributed by atoms with E-state index in [2.05, 4.69) is 9.97 Å². The zero-order valence-electron chi connectivity index (χ0n) is 16.2. The Hall–Kier alpha value is -2.61. The second-order valence-electron chi connectivity index (χ2n) is 6.91. The molecule has 1 saturated heterocycles. The summed E-state index contributed by atoms with van der Waals surface area (Å²) < 4.78 is 32.0. The van der Waals surface area contributed by atoms with Crippen LogP contribution in [-0.4, -0.2) is 34.4 Å². The Bertz CT molecular complexity index is 981. The summed E-state index contributed by atoms with van der Waals surface area (Å²) in [5, 5.41) is 9.12. The van der Waals surface area contributed by atoms with Crippen molar-refractivity contribution in [3.05, 3.63) is 76.4 Å². The molecule has 0 spiro atoms. The summed E-state index contributed by atoms with van der Waals surface area (Å²) in [6.45, 7) is 1.37. The maximum Gasteiger partial charge on any atom is 0.220 e. The Morgan fingerprint density at radius 1 is 1.17 bits per heavy atom. The number of hydrogen-bond donors (Lipinski definition) is 2. The van der Waals surface area contributed by atoms with Crippen molar-refractivity contribution >= 4 is 17.5 Å². The van der Waals surface area contributed by atoms with Crippen LogP contribution in [-0.2, 0) is 11.2 Å². The number of halogens is 3. The Labute approximate surface area is 178 Å². The van der Waals surface area contributed by atoms with Gasteiger partial charge in [0.25, 0.3) is 0 Å². The average Bonchev–Trinajstić information content (AvgIpc) is 2.74. The van der Waals surface area contributed by atoms with Gasteiger partial charge in [-0.3, -0.25) is 0 Å². The van der Waals surface area contributed by atoms with E-state index in [-0.39, 0.29) is 23.7 Å². The lowest BCUT2D eigenvalue weighted by molar-refractivity contribution is -0.00535. The number of benzene rings is 2. The summed E-state index contributed by atoms with van der Waals surface area (Å²) in [5.74, 6) is -0.587. The van der Waals surface area contributed by atoms with Gasteiger partial charge < -0.3 is 15.6 Å². The third kappa shape index (κ3) is 6.19. The summed E-state index contributed by atoms with van der Waals surface area (Å²) in [6, 6.07) is 10.5. The molecule has 3 N–H and O–H groups in total. The highest BCUT2D eigenvalue weighted by atomic mass is 35.5. The molecule has 0 bridgehead atoms. The molecule has 4 rings (SSSR count). The second-order valence-corrected chi connectivity index (χ2v) is 7.31. The predicted octanol–water partition coefficient (Wildman–Crippen LogP) is 4.41. The van der Waals surface area contributed by atoms with Crippen LogP contribution < -0.4 is 5.73 Å². The summed E-state index contributed by atoms with van der Waals surface area (Å²) >= 11 is 6.08. The van der Waals surface area contributed by atoms with E-state index in [9.17, 15) is 8.78 Å². The van der Waals surface area contributed by atoms with Gasteiger partial charge in [-0.1, -0.05) is 23.7 Å². The molecule has 2 aromatic carbocycles. The summed E-state index contributed by atoms with van der Waals surface area (Å²) in [5.41, 5.74) is 7.93. The van der Waals surface area contributed by atoms with E-state index in [1.807, 2.05) is 0 Å². The molecule has 2 heterocycles. The van der Waals surface area contributed by atoms with Crippen molar-refractivity contribution in [2.24, 2.45) is 0 Å². The van der Waals surface area contributed by atoms with Gasteiger partial charge in [0, 0.05) is 18.6 Å². The first-order valence-corrected chi connectivity index (χ1v) is 9.87. The van der Waals surface area contributed by atoms with Gasteiger partial charge in [0.2, 0.25) is 5.95 Å². The molecule has 1 aromatic heterocycles. The molecule has 1 aliphatic heterocycles. The van der Waals surface area contributed by atoms with Crippen molar-refractivity contribution in [2.45, 2.75) is 25.4 Å². The molecular formula is C22H22ClF2N3O2. The van der Waals surface area contributed by atoms with Crippen molar-refractivity contribution in [3.8, 4) is 11.3 Å². The second kappa shape index (κ2) is 10.4. The lowest BCUT2D eigenvalue weighted by Crippen LogP contribution is -2.21.